The number of hydrogen-bond donors (Lipinski definition) is 1. The molecule has 1 aliphatic heterocycles. The van der Waals surface area contributed by atoms with Gasteiger partial charge in [0.05, 0.1) is 10.0 Å². The maximum Gasteiger partial charge on any atom is 0.243 e. The van der Waals surface area contributed by atoms with Crippen LogP contribution in [0.4, 0.5) is 0 Å². The molecule has 0 aliphatic carbocycles. The number of carbonyl (C=O) groups is 1. The van der Waals surface area contributed by atoms with Crippen molar-refractivity contribution in [2.24, 2.45) is 0 Å². The lowest BCUT2D eigenvalue weighted by Crippen LogP contribution is -2.37. The van der Waals surface area contributed by atoms with Crippen molar-refractivity contribution < 1.29 is 13.2 Å². The third-order valence-corrected chi connectivity index (χ3v) is 5.94. The third kappa shape index (κ3) is 4.35. The number of nitrogens with zero attached hydrogens (tertiary/aromatic N) is 1. The zero-order chi connectivity index (χ0) is 16.2. The van der Waals surface area contributed by atoms with Crippen molar-refractivity contribution in [3.8, 4) is 0 Å². The molecule has 8 heteroatoms. The first-order valence-corrected chi connectivity index (χ1v) is 9.37. The van der Waals surface area contributed by atoms with Gasteiger partial charge in [0.1, 0.15) is 4.90 Å². The summed E-state index contributed by atoms with van der Waals surface area (Å²) >= 11 is 11.8. The molecule has 22 heavy (non-hydrogen) atoms. The van der Waals surface area contributed by atoms with Gasteiger partial charge in [0, 0.05) is 26.1 Å². The van der Waals surface area contributed by atoms with Gasteiger partial charge in [0.15, 0.2) is 0 Å². The van der Waals surface area contributed by atoms with Gasteiger partial charge in [-0.15, -0.1) is 0 Å². The lowest BCUT2D eigenvalue weighted by molar-refractivity contribution is -0.131. The highest BCUT2D eigenvalue weighted by Crippen LogP contribution is 2.28. The molecule has 1 amide bonds. The Morgan fingerprint density at radius 2 is 1.73 bits per heavy atom. The predicted molar refractivity (Wildman–Crippen MR) is 86.7 cm³/mol. The minimum Gasteiger partial charge on any atom is -0.343 e. The Kier molecular flexibility index (Phi) is 6.09. The highest BCUT2D eigenvalue weighted by molar-refractivity contribution is 7.89. The molecule has 1 heterocycles. The van der Waals surface area contributed by atoms with E-state index in [2.05, 4.69) is 4.72 Å². The SMILES string of the molecule is O=C(CCNS(=O)(=O)c1c(Cl)cccc1Cl)N1CCCCC1. The number of benzene rings is 1. The van der Waals surface area contributed by atoms with Gasteiger partial charge >= 0.3 is 0 Å². The van der Waals surface area contributed by atoms with Gasteiger partial charge in [-0.2, -0.15) is 0 Å². The van der Waals surface area contributed by atoms with Crippen LogP contribution in [0.5, 0.6) is 0 Å². The summed E-state index contributed by atoms with van der Waals surface area (Å²) in [5.41, 5.74) is 0. The minimum absolute atomic E-state index is 0.0270. The van der Waals surface area contributed by atoms with Crippen LogP contribution < -0.4 is 4.72 Å². The number of amides is 1. The molecule has 1 aromatic rings. The van der Waals surface area contributed by atoms with Gasteiger partial charge < -0.3 is 4.90 Å². The molecule has 0 spiro atoms. The second kappa shape index (κ2) is 7.64. The molecule has 0 radical (unpaired) electrons. The van der Waals surface area contributed by atoms with Gasteiger partial charge in [0.2, 0.25) is 15.9 Å². The van der Waals surface area contributed by atoms with Crippen LogP contribution in [0.3, 0.4) is 0 Å². The molecule has 0 atom stereocenters. The van der Waals surface area contributed by atoms with E-state index in [9.17, 15) is 13.2 Å². The van der Waals surface area contributed by atoms with Crippen LogP contribution >= 0.6 is 23.2 Å². The molecular weight excluding hydrogens is 347 g/mol. The number of likely N-dealkylation sites (tertiary alicyclic amines) is 1. The molecule has 1 N–H and O–H groups in total. The van der Waals surface area contributed by atoms with Crippen molar-refractivity contribution >= 4 is 39.1 Å². The lowest BCUT2D eigenvalue weighted by Gasteiger charge is -2.26. The largest absolute Gasteiger partial charge is 0.343 e. The topological polar surface area (TPSA) is 66.5 Å². The van der Waals surface area contributed by atoms with Crippen molar-refractivity contribution in [2.75, 3.05) is 19.6 Å². The van der Waals surface area contributed by atoms with Crippen LogP contribution in [0.25, 0.3) is 0 Å². The van der Waals surface area contributed by atoms with Crippen molar-refractivity contribution in [2.45, 2.75) is 30.6 Å². The predicted octanol–water partition coefficient (Wildman–Crippen LogP) is 2.67. The maximum absolute atomic E-state index is 12.2. The number of piperidine rings is 1. The molecule has 1 saturated heterocycles. The van der Waals surface area contributed by atoms with Gasteiger partial charge in [-0.05, 0) is 31.4 Å². The molecule has 1 fully saturated rings. The first-order valence-electron chi connectivity index (χ1n) is 7.13. The standard InChI is InChI=1S/C14H18Cl2N2O3S/c15-11-5-4-6-12(16)14(11)22(20,21)17-8-7-13(19)18-9-2-1-3-10-18/h4-6,17H,1-3,7-10H2. The van der Waals surface area contributed by atoms with E-state index in [1.165, 1.54) is 12.1 Å². The van der Waals surface area contributed by atoms with Crippen LogP contribution in [0, 0.1) is 0 Å². The van der Waals surface area contributed by atoms with Gasteiger partial charge in [-0.1, -0.05) is 29.3 Å². The number of nitrogens with one attached hydrogen (secondary N) is 1. The quantitative estimate of drug-likeness (QED) is 0.873. The maximum atomic E-state index is 12.2. The van der Waals surface area contributed by atoms with Crippen LogP contribution in [-0.2, 0) is 14.8 Å². The molecule has 1 aliphatic rings. The van der Waals surface area contributed by atoms with Gasteiger partial charge in [0.25, 0.3) is 0 Å². The summed E-state index contributed by atoms with van der Waals surface area (Å²) in [6.45, 7) is 1.53. The Balaban J connectivity index is 1.94. The number of halogens is 2. The van der Waals surface area contributed by atoms with Gasteiger partial charge in [-0.3, -0.25) is 4.79 Å². The first kappa shape index (κ1) is 17.5. The number of carbonyl (C=O) groups excluding carboxylic acids is 1. The third-order valence-electron chi connectivity index (χ3n) is 3.53. The Morgan fingerprint density at radius 3 is 2.32 bits per heavy atom. The molecular formula is C14H18Cl2N2O3S. The summed E-state index contributed by atoms with van der Waals surface area (Å²) in [6.07, 6.45) is 3.28. The van der Waals surface area contributed by atoms with E-state index in [-0.39, 0.29) is 33.8 Å². The van der Waals surface area contributed by atoms with E-state index in [0.717, 1.165) is 32.4 Å². The van der Waals surface area contributed by atoms with E-state index in [1.807, 2.05) is 0 Å². The zero-order valence-electron chi connectivity index (χ0n) is 12.0. The lowest BCUT2D eigenvalue weighted by atomic mass is 10.1. The number of sulfonamides is 1. The highest BCUT2D eigenvalue weighted by Gasteiger charge is 2.22. The van der Waals surface area contributed by atoms with E-state index < -0.39 is 10.0 Å². The van der Waals surface area contributed by atoms with E-state index in [1.54, 1.807) is 11.0 Å². The molecule has 0 unspecified atom stereocenters. The number of rotatable bonds is 5. The molecule has 0 aromatic heterocycles. The molecule has 5 nitrogen and oxygen atoms in total. The Hall–Kier alpha value is -0.820. The van der Waals surface area contributed by atoms with Crippen molar-refractivity contribution in [1.29, 1.82) is 0 Å². The van der Waals surface area contributed by atoms with Crippen LogP contribution in [-0.4, -0.2) is 38.9 Å². The fraction of sp³-hybridized carbons (Fsp3) is 0.500. The molecule has 1 aromatic carbocycles. The Labute approximate surface area is 140 Å². The highest BCUT2D eigenvalue weighted by atomic mass is 35.5. The average molecular weight is 365 g/mol. The molecule has 2 rings (SSSR count). The summed E-state index contributed by atoms with van der Waals surface area (Å²) < 4.78 is 26.8. The average Bonchev–Trinajstić information content (AvgIpc) is 2.47. The second-order valence-electron chi connectivity index (χ2n) is 5.14. The fourth-order valence-corrected chi connectivity index (χ4v) is 4.58. The summed E-state index contributed by atoms with van der Waals surface area (Å²) in [6, 6.07) is 4.49. The van der Waals surface area contributed by atoms with Crippen LogP contribution in [0.2, 0.25) is 10.0 Å². The molecule has 0 bridgehead atoms. The van der Waals surface area contributed by atoms with Crippen molar-refractivity contribution in [1.82, 2.24) is 9.62 Å². The molecule has 0 saturated carbocycles. The first-order chi connectivity index (χ1) is 10.4. The minimum atomic E-state index is -3.83. The van der Waals surface area contributed by atoms with Crippen LogP contribution in [0.1, 0.15) is 25.7 Å². The zero-order valence-corrected chi connectivity index (χ0v) is 14.3. The normalized spacial score (nSPS) is 15.8. The van der Waals surface area contributed by atoms with Crippen molar-refractivity contribution in [3.05, 3.63) is 28.2 Å². The van der Waals surface area contributed by atoms with Gasteiger partial charge in [-0.25, -0.2) is 13.1 Å². The van der Waals surface area contributed by atoms with E-state index in [0.29, 0.717) is 0 Å². The van der Waals surface area contributed by atoms with E-state index >= 15 is 0 Å². The van der Waals surface area contributed by atoms with Crippen molar-refractivity contribution in [3.63, 3.8) is 0 Å². The number of hydrogen-bond acceptors (Lipinski definition) is 3. The summed E-state index contributed by atoms with van der Waals surface area (Å²) in [5.74, 6) is -0.0346. The van der Waals surface area contributed by atoms with Crippen LogP contribution in [0.15, 0.2) is 23.1 Å². The second-order valence-corrected chi connectivity index (χ2v) is 7.66. The fourth-order valence-electron chi connectivity index (χ4n) is 2.41. The Bertz CT molecular complexity index is 623. The summed E-state index contributed by atoms with van der Waals surface area (Å²) in [5, 5.41) is 0.115. The summed E-state index contributed by atoms with van der Waals surface area (Å²) in [4.78, 5) is 13.6. The monoisotopic (exact) mass is 364 g/mol. The Morgan fingerprint density at radius 1 is 1.14 bits per heavy atom. The van der Waals surface area contributed by atoms with E-state index in [4.69, 9.17) is 23.2 Å². The molecule has 122 valence electrons. The smallest absolute Gasteiger partial charge is 0.243 e. The summed E-state index contributed by atoms with van der Waals surface area (Å²) in [7, 11) is -3.83.